The third-order valence-corrected chi connectivity index (χ3v) is 7.64. The van der Waals surface area contributed by atoms with Crippen LogP contribution in [-0.2, 0) is 6.54 Å². The number of carboxylic acid groups (broad SMARTS) is 1. The molecule has 9 heteroatoms. The molecule has 0 saturated heterocycles. The topological polar surface area (TPSA) is 107 Å². The van der Waals surface area contributed by atoms with Gasteiger partial charge in [-0.15, -0.1) is 0 Å². The van der Waals surface area contributed by atoms with Crippen molar-refractivity contribution in [3.8, 4) is 0 Å². The number of nitrogens with one attached hydrogen (secondary N) is 3. The molecule has 4 rings (SSSR count). The summed E-state index contributed by atoms with van der Waals surface area (Å²) in [7, 11) is 0. The number of benzene rings is 1. The van der Waals surface area contributed by atoms with Gasteiger partial charge in [-0.2, -0.15) is 0 Å². The minimum absolute atomic E-state index is 0.0694. The molecule has 8 nitrogen and oxygen atoms in total. The van der Waals surface area contributed by atoms with E-state index >= 15 is 0 Å². The van der Waals surface area contributed by atoms with Crippen LogP contribution in [-0.4, -0.2) is 44.6 Å². The van der Waals surface area contributed by atoms with Crippen molar-refractivity contribution in [3.05, 3.63) is 44.5 Å². The summed E-state index contributed by atoms with van der Waals surface area (Å²) in [5.74, 6) is 1.06. The first-order chi connectivity index (χ1) is 16.1. The average molecular weight is 577 g/mol. The van der Waals surface area contributed by atoms with E-state index in [4.69, 9.17) is 4.98 Å². The van der Waals surface area contributed by atoms with Crippen molar-refractivity contribution in [1.29, 1.82) is 0 Å². The van der Waals surface area contributed by atoms with Gasteiger partial charge < -0.3 is 21.1 Å². The number of carbonyl (C=O) groups is 2. The Kier molecular flexibility index (Phi) is 6.93. The lowest BCUT2D eigenvalue weighted by Gasteiger charge is -2.45. The number of hydrogen-bond donors (Lipinski definition) is 4. The minimum Gasteiger partial charge on any atom is -0.465 e. The highest BCUT2D eigenvalue weighted by molar-refractivity contribution is 14.1. The number of aromatic nitrogens is 1. The second-order valence-electron chi connectivity index (χ2n) is 10.1. The first kappa shape index (κ1) is 24.6. The van der Waals surface area contributed by atoms with Crippen molar-refractivity contribution in [2.45, 2.75) is 77.5 Å². The van der Waals surface area contributed by atoms with Gasteiger partial charge in [-0.25, -0.2) is 9.78 Å². The lowest BCUT2D eigenvalue weighted by Crippen LogP contribution is -2.58. The zero-order chi connectivity index (χ0) is 24.6. The number of rotatable bonds is 5. The molecule has 34 heavy (non-hydrogen) atoms. The molecular weight excluding hydrogens is 545 g/mol. The zero-order valence-electron chi connectivity index (χ0n) is 20.0. The highest BCUT2D eigenvalue weighted by atomic mass is 127. The summed E-state index contributed by atoms with van der Waals surface area (Å²) in [6, 6.07) is 7.71. The van der Waals surface area contributed by atoms with Gasteiger partial charge in [0.2, 0.25) is 0 Å². The van der Waals surface area contributed by atoms with Crippen LogP contribution < -0.4 is 16.0 Å². The fourth-order valence-electron chi connectivity index (χ4n) is 5.02. The molecule has 1 fully saturated rings. The summed E-state index contributed by atoms with van der Waals surface area (Å²) < 4.78 is 0.891. The van der Waals surface area contributed by atoms with Crippen molar-refractivity contribution < 1.29 is 14.7 Å². The molecule has 0 spiro atoms. The Bertz CT molecular complexity index is 1110. The molecule has 2 aromatic rings. The Labute approximate surface area is 214 Å². The van der Waals surface area contributed by atoms with Crippen LogP contribution >= 0.6 is 22.6 Å². The second kappa shape index (κ2) is 9.59. The third-order valence-electron chi connectivity index (χ3n) is 6.48. The molecule has 182 valence electrons. The molecule has 1 saturated carbocycles. The molecule has 1 aliphatic heterocycles. The number of hydrogen-bond acceptors (Lipinski definition) is 5. The number of carbonyl (C=O) groups excluding carboxylic acids is 1. The van der Waals surface area contributed by atoms with E-state index in [9.17, 15) is 14.7 Å². The molecule has 2 heterocycles. The van der Waals surface area contributed by atoms with Crippen LogP contribution in [0.15, 0.2) is 24.3 Å². The van der Waals surface area contributed by atoms with E-state index in [1.165, 1.54) is 0 Å². The van der Waals surface area contributed by atoms with Crippen molar-refractivity contribution in [2.75, 3.05) is 10.6 Å². The van der Waals surface area contributed by atoms with Gasteiger partial charge in [0.1, 0.15) is 11.6 Å². The summed E-state index contributed by atoms with van der Waals surface area (Å²) in [5, 5.41) is 19.9. The number of aryl methyl sites for hydroxylation is 1. The van der Waals surface area contributed by atoms with Crippen LogP contribution in [0.2, 0.25) is 0 Å². The Hall–Kier alpha value is -2.56. The smallest absolute Gasteiger partial charge is 0.408 e. The minimum atomic E-state index is -0.903. The fourth-order valence-corrected chi connectivity index (χ4v) is 5.75. The van der Waals surface area contributed by atoms with Gasteiger partial charge in [-0.05, 0) is 80.8 Å². The maximum atomic E-state index is 12.6. The Morgan fingerprint density at radius 3 is 2.65 bits per heavy atom. The van der Waals surface area contributed by atoms with Gasteiger partial charge in [0.25, 0.3) is 5.91 Å². The largest absolute Gasteiger partial charge is 0.465 e. The van der Waals surface area contributed by atoms with Gasteiger partial charge in [0.05, 0.1) is 15.2 Å². The van der Waals surface area contributed by atoms with E-state index in [1.54, 1.807) is 4.90 Å². The maximum absolute atomic E-state index is 12.6. The third kappa shape index (κ3) is 4.94. The standard InChI is InChI=1S/C25H32IN5O3/c1-14-8-7-9-15(12-14)28-21-19-16(13-27-23(19)32)20(26)22(30-21)29-17-10-5-6-11-18(17)31(24(33)34)25(2,3)4/h7-9,12,17-18H,5-6,10-11,13H2,1-4H3,(H,27,32)(H,33,34)(H2,28,29,30)/t17-,18+/m1/s1. The SMILES string of the molecule is Cc1cccc(Nc2nc(N[C@@H]3CCCC[C@@H]3N(C(=O)O)C(C)(C)C)c(I)c3c2C(=O)NC3)c1. The molecule has 0 radical (unpaired) electrons. The summed E-state index contributed by atoms with van der Waals surface area (Å²) in [5.41, 5.74) is 2.94. The molecule has 1 aromatic heterocycles. The number of pyridine rings is 1. The number of amides is 2. The molecule has 2 aliphatic rings. The first-order valence-electron chi connectivity index (χ1n) is 11.7. The Morgan fingerprint density at radius 1 is 1.24 bits per heavy atom. The predicted molar refractivity (Wildman–Crippen MR) is 142 cm³/mol. The van der Waals surface area contributed by atoms with Crippen LogP contribution in [0.25, 0.3) is 0 Å². The van der Waals surface area contributed by atoms with E-state index in [0.29, 0.717) is 23.7 Å². The quantitative estimate of drug-likeness (QED) is 0.351. The first-order valence-corrected chi connectivity index (χ1v) is 12.8. The van der Waals surface area contributed by atoms with E-state index in [-0.39, 0.29) is 18.0 Å². The van der Waals surface area contributed by atoms with Gasteiger partial charge in [-0.1, -0.05) is 25.0 Å². The van der Waals surface area contributed by atoms with Gasteiger partial charge in [0.15, 0.2) is 0 Å². The highest BCUT2D eigenvalue weighted by Crippen LogP contribution is 2.36. The zero-order valence-corrected chi connectivity index (χ0v) is 22.2. The van der Waals surface area contributed by atoms with Crippen LogP contribution in [0.4, 0.5) is 22.1 Å². The van der Waals surface area contributed by atoms with Crippen molar-refractivity contribution in [3.63, 3.8) is 0 Å². The van der Waals surface area contributed by atoms with Crippen LogP contribution in [0, 0.1) is 10.5 Å². The molecular formula is C25H32IN5O3. The van der Waals surface area contributed by atoms with Crippen molar-refractivity contribution in [1.82, 2.24) is 15.2 Å². The lowest BCUT2D eigenvalue weighted by atomic mass is 9.86. The molecule has 0 bridgehead atoms. The summed E-state index contributed by atoms with van der Waals surface area (Å²) in [6.45, 7) is 8.27. The predicted octanol–water partition coefficient (Wildman–Crippen LogP) is 5.48. The van der Waals surface area contributed by atoms with Crippen LogP contribution in [0.1, 0.15) is 67.9 Å². The van der Waals surface area contributed by atoms with Crippen LogP contribution in [0.5, 0.6) is 0 Å². The molecule has 1 aliphatic carbocycles. The Morgan fingerprint density at radius 2 is 1.97 bits per heavy atom. The molecule has 4 N–H and O–H groups in total. The summed E-state index contributed by atoms with van der Waals surface area (Å²) in [6.07, 6.45) is 2.78. The molecule has 1 aromatic carbocycles. The number of halogens is 1. The van der Waals surface area contributed by atoms with Crippen LogP contribution in [0.3, 0.4) is 0 Å². The average Bonchev–Trinajstić information content (AvgIpc) is 3.13. The number of nitrogens with zero attached hydrogens (tertiary/aromatic N) is 2. The van der Waals surface area contributed by atoms with E-state index in [0.717, 1.165) is 46.1 Å². The van der Waals surface area contributed by atoms with E-state index in [1.807, 2.05) is 52.0 Å². The van der Waals surface area contributed by atoms with Crippen molar-refractivity contribution >= 4 is 51.9 Å². The van der Waals surface area contributed by atoms with Crippen molar-refractivity contribution in [2.24, 2.45) is 0 Å². The number of anilines is 3. The molecule has 2 amide bonds. The molecule has 0 unspecified atom stereocenters. The van der Waals surface area contributed by atoms with Gasteiger partial charge in [0, 0.05) is 29.4 Å². The number of fused-ring (bicyclic) bond motifs is 1. The lowest BCUT2D eigenvalue weighted by molar-refractivity contribution is 0.0520. The van der Waals surface area contributed by atoms with Gasteiger partial charge in [-0.3, -0.25) is 9.69 Å². The summed E-state index contributed by atoms with van der Waals surface area (Å²) in [4.78, 5) is 31.3. The monoisotopic (exact) mass is 577 g/mol. The highest BCUT2D eigenvalue weighted by Gasteiger charge is 2.40. The molecule has 2 atom stereocenters. The van der Waals surface area contributed by atoms with E-state index < -0.39 is 11.6 Å². The van der Waals surface area contributed by atoms with Gasteiger partial charge >= 0.3 is 6.09 Å². The summed E-state index contributed by atoms with van der Waals surface area (Å²) >= 11 is 2.24. The maximum Gasteiger partial charge on any atom is 0.408 e. The second-order valence-corrected chi connectivity index (χ2v) is 11.2. The van der Waals surface area contributed by atoms with E-state index in [2.05, 4.69) is 38.5 Å². The normalized spacial score (nSPS) is 19.9. The fraction of sp³-hybridized carbons (Fsp3) is 0.480. The Balaban J connectivity index is 1.71.